The summed E-state index contributed by atoms with van der Waals surface area (Å²) in [7, 11) is 0. The highest BCUT2D eigenvalue weighted by molar-refractivity contribution is 5.26. The summed E-state index contributed by atoms with van der Waals surface area (Å²) >= 11 is 0. The second-order valence-corrected chi connectivity index (χ2v) is 25.4. The van der Waals surface area contributed by atoms with E-state index in [2.05, 4.69) is 47.6 Å². The van der Waals surface area contributed by atoms with Crippen LogP contribution in [0.5, 0.6) is 0 Å². The van der Waals surface area contributed by atoms with Crippen LogP contribution in [0.1, 0.15) is 182 Å². The van der Waals surface area contributed by atoms with Gasteiger partial charge in [-0.25, -0.2) is 8.78 Å². The van der Waals surface area contributed by atoms with Gasteiger partial charge in [0, 0.05) is 6.61 Å². The van der Waals surface area contributed by atoms with Crippen LogP contribution in [0.3, 0.4) is 0 Å². The molecular weight excluding hydrogens is 839 g/mol. The predicted octanol–water partition coefficient (Wildman–Crippen LogP) is 13.0. The number of fused-ring (bicyclic) bond motifs is 10. The maximum absolute atomic E-state index is 13.3. The van der Waals surface area contributed by atoms with Crippen LogP contribution in [0.15, 0.2) is 60.2 Å². The van der Waals surface area contributed by atoms with Crippen LogP contribution in [0, 0.1) is 86.6 Å². The van der Waals surface area contributed by atoms with E-state index in [0.29, 0.717) is 29.1 Å². The summed E-state index contributed by atoms with van der Waals surface area (Å²) in [5, 5.41) is 51.5. The van der Waals surface area contributed by atoms with Gasteiger partial charge in [-0.1, -0.05) is 63.6 Å². The molecule has 0 unspecified atom stereocenters. The summed E-state index contributed by atoms with van der Waals surface area (Å²) in [6.45, 7) is 16.1. The zero-order valence-corrected chi connectivity index (χ0v) is 42.6. The lowest BCUT2D eigenvalue weighted by Gasteiger charge is -2.61. The van der Waals surface area contributed by atoms with Gasteiger partial charge in [0.15, 0.2) is 0 Å². The molecule has 8 aliphatic rings. The van der Waals surface area contributed by atoms with Crippen molar-refractivity contribution in [1.82, 2.24) is 0 Å². The van der Waals surface area contributed by atoms with Gasteiger partial charge in [0.25, 0.3) is 0 Å². The minimum Gasteiger partial charge on any atom is -0.397 e. The number of rotatable bonds is 8. The molecule has 7 fully saturated rings. The molecule has 7 saturated carbocycles. The zero-order valence-electron chi connectivity index (χ0n) is 42.6. The van der Waals surface area contributed by atoms with Crippen molar-refractivity contribution in [3.8, 4) is 0 Å². The maximum atomic E-state index is 13.3. The fraction of sp³-hybridized carbons (Fsp3) is 0.767. The molecule has 5 nitrogen and oxygen atoms in total. The fourth-order valence-corrected chi connectivity index (χ4v) is 18.4. The molecule has 374 valence electrons. The van der Waals surface area contributed by atoms with Crippen LogP contribution in [0.2, 0.25) is 0 Å². The van der Waals surface area contributed by atoms with Crippen LogP contribution in [0.25, 0.3) is 0 Å². The summed E-state index contributed by atoms with van der Waals surface area (Å²) < 4.78 is 26.5. The van der Waals surface area contributed by atoms with E-state index in [-0.39, 0.29) is 46.7 Å². The highest BCUT2D eigenvalue weighted by atomic mass is 19.1. The normalized spacial score (nSPS) is 42.5. The molecule has 67 heavy (non-hydrogen) atoms. The Kier molecular flexibility index (Phi) is 15.1. The van der Waals surface area contributed by atoms with Crippen molar-refractivity contribution in [2.24, 2.45) is 74.9 Å². The Morgan fingerprint density at radius 2 is 1.03 bits per heavy atom. The number of halogens is 2. The fourth-order valence-electron chi connectivity index (χ4n) is 18.4. The van der Waals surface area contributed by atoms with Crippen LogP contribution in [0.4, 0.5) is 8.78 Å². The van der Waals surface area contributed by atoms with E-state index >= 15 is 0 Å². The molecule has 0 amide bonds. The predicted molar refractivity (Wildman–Crippen MR) is 266 cm³/mol. The second kappa shape index (κ2) is 19.8. The minimum absolute atomic E-state index is 0.0782. The van der Waals surface area contributed by atoms with Gasteiger partial charge in [-0.15, -0.1) is 0 Å². The number of hydrogen-bond acceptors (Lipinski definition) is 5. The standard InChI is InChI=1S/C29H43FO2.C29H41FO2.C2H6O/c2*1-27-15-13-22(31)18-20(27)6-9-23-24-10-11-26(28(24,2)16-14-25(23)27)29(3,32)17-12-19-4-7-21(30)8-5-19;1-2-3/h4-5,7-8,20,22-26,31-32H,6,9-18H2,1-3H3;4-8,22-26,31-32H,9-18H2,1-3H3;3H,2H2,1H3/t20-,22-,23-,24-,25-,26-,27-,28-,29-;22-,23-,24-,25-,26-,27-,28-,29-;/m00./s1. The van der Waals surface area contributed by atoms with Gasteiger partial charge >= 0.3 is 0 Å². The Hall–Kier alpha value is -2.16. The molecule has 0 saturated heterocycles. The van der Waals surface area contributed by atoms with Gasteiger partial charge in [-0.3, -0.25) is 0 Å². The average molecular weight is 929 g/mol. The molecule has 8 aliphatic carbocycles. The smallest absolute Gasteiger partial charge is 0.123 e. The molecule has 2 aromatic rings. The van der Waals surface area contributed by atoms with Gasteiger partial charge in [0.2, 0.25) is 0 Å². The lowest BCUT2D eigenvalue weighted by molar-refractivity contribution is -0.144. The highest BCUT2D eigenvalue weighted by Crippen LogP contribution is 2.70. The summed E-state index contributed by atoms with van der Waals surface area (Å²) in [4.78, 5) is 0. The second-order valence-electron chi connectivity index (χ2n) is 25.4. The lowest BCUT2D eigenvalue weighted by Crippen LogP contribution is -2.55. The average Bonchev–Trinajstić information content (AvgIpc) is 3.85. The van der Waals surface area contributed by atoms with E-state index in [4.69, 9.17) is 5.11 Å². The molecule has 0 aliphatic heterocycles. The van der Waals surface area contributed by atoms with Gasteiger partial charge in [0.1, 0.15) is 11.6 Å². The van der Waals surface area contributed by atoms with Crippen molar-refractivity contribution in [1.29, 1.82) is 0 Å². The highest BCUT2D eigenvalue weighted by Gasteiger charge is 2.63. The Labute approximate surface area is 404 Å². The third kappa shape index (κ3) is 9.80. The van der Waals surface area contributed by atoms with Gasteiger partial charge in [-0.05, 0) is 266 Å². The Morgan fingerprint density at radius 3 is 1.57 bits per heavy atom. The molecular formula is C60H90F2O5. The third-order valence-electron chi connectivity index (χ3n) is 21.9. The molecule has 17 atom stereocenters. The van der Waals surface area contributed by atoms with Crippen molar-refractivity contribution < 1.29 is 34.3 Å². The minimum atomic E-state index is -0.695. The molecule has 0 heterocycles. The van der Waals surface area contributed by atoms with E-state index in [0.717, 1.165) is 118 Å². The molecule has 2 aromatic carbocycles. The number of allylic oxidation sites excluding steroid dienone is 1. The Balaban J connectivity index is 0.000000172. The van der Waals surface area contributed by atoms with Crippen molar-refractivity contribution in [2.75, 3.05) is 6.61 Å². The summed E-state index contributed by atoms with van der Waals surface area (Å²) in [6, 6.07) is 13.5. The topological polar surface area (TPSA) is 101 Å². The van der Waals surface area contributed by atoms with E-state index in [1.807, 2.05) is 24.3 Å². The third-order valence-corrected chi connectivity index (χ3v) is 21.9. The van der Waals surface area contributed by atoms with Gasteiger partial charge in [-0.2, -0.15) is 0 Å². The number of aliphatic hydroxyl groups is 5. The molecule has 0 spiro atoms. The first kappa shape index (κ1) is 51.2. The van der Waals surface area contributed by atoms with E-state index in [1.165, 1.54) is 87.6 Å². The van der Waals surface area contributed by atoms with Crippen molar-refractivity contribution in [3.05, 3.63) is 82.9 Å². The zero-order chi connectivity index (χ0) is 48.2. The molecule has 0 radical (unpaired) electrons. The van der Waals surface area contributed by atoms with E-state index < -0.39 is 11.2 Å². The van der Waals surface area contributed by atoms with Crippen molar-refractivity contribution in [3.63, 3.8) is 0 Å². The van der Waals surface area contributed by atoms with E-state index in [1.54, 1.807) is 6.92 Å². The summed E-state index contributed by atoms with van der Waals surface area (Å²) in [5.41, 5.74) is 3.48. The molecule has 0 aromatic heterocycles. The lowest BCUT2D eigenvalue weighted by atomic mass is 9.44. The van der Waals surface area contributed by atoms with E-state index in [9.17, 15) is 29.2 Å². The van der Waals surface area contributed by atoms with Crippen LogP contribution in [-0.2, 0) is 12.8 Å². The quantitative estimate of drug-likeness (QED) is 0.170. The van der Waals surface area contributed by atoms with Crippen molar-refractivity contribution >= 4 is 0 Å². The summed E-state index contributed by atoms with van der Waals surface area (Å²) in [6.07, 6.45) is 25.0. The number of aliphatic hydroxyl groups excluding tert-OH is 3. The first-order valence-corrected chi connectivity index (χ1v) is 27.3. The molecule has 7 heteroatoms. The number of hydrogen-bond donors (Lipinski definition) is 5. The van der Waals surface area contributed by atoms with Crippen LogP contribution < -0.4 is 0 Å². The van der Waals surface area contributed by atoms with Gasteiger partial charge < -0.3 is 25.5 Å². The molecule has 5 N–H and O–H groups in total. The first-order chi connectivity index (χ1) is 31.7. The van der Waals surface area contributed by atoms with Gasteiger partial charge in [0.05, 0.1) is 23.4 Å². The Morgan fingerprint density at radius 1 is 0.567 bits per heavy atom. The number of aryl methyl sites for hydroxylation is 2. The molecule has 10 rings (SSSR count). The van der Waals surface area contributed by atoms with Crippen LogP contribution >= 0.6 is 0 Å². The summed E-state index contributed by atoms with van der Waals surface area (Å²) in [5.74, 6) is 5.44. The Bertz CT molecular complexity index is 2000. The van der Waals surface area contributed by atoms with Crippen molar-refractivity contribution in [2.45, 2.75) is 207 Å². The SMILES string of the molecule is CCO.C[C@]12CC[C@H](O)C[C@@H]1CC[C@@H]1[C@@H]2CC[C@@]2(C)[C@H]1CC[C@@H]2[C@@](C)(O)CCc1ccc(F)cc1.C[C@]12CC[C@H]3[C@@H](CC=C4C[C@@H](O)CC[C@@]43C)[C@@H]1CC[C@@H]2[C@@](C)(O)CCc1ccc(F)cc1. The number of benzene rings is 2. The largest absolute Gasteiger partial charge is 0.397 e. The van der Waals surface area contributed by atoms with Crippen LogP contribution in [-0.4, -0.2) is 55.5 Å². The maximum Gasteiger partial charge on any atom is 0.123 e. The monoisotopic (exact) mass is 929 g/mol. The first-order valence-electron chi connectivity index (χ1n) is 27.3. The molecule has 0 bridgehead atoms.